The van der Waals surface area contributed by atoms with E-state index in [0.29, 0.717) is 12.1 Å². The fourth-order valence-corrected chi connectivity index (χ4v) is 3.85. The first-order valence-corrected chi connectivity index (χ1v) is 10.5. The number of fused-ring (bicyclic) bond motifs is 2. The van der Waals surface area contributed by atoms with Crippen molar-refractivity contribution in [3.8, 4) is 12.3 Å². The van der Waals surface area contributed by atoms with Crippen LogP contribution in [-0.2, 0) is 0 Å². The highest BCUT2D eigenvalue weighted by atomic mass is 16.1. The van der Waals surface area contributed by atoms with Gasteiger partial charge < -0.3 is 9.88 Å². The number of rotatable bonds is 4. The maximum Gasteiger partial charge on any atom is 0.249 e. The Morgan fingerprint density at radius 3 is 2.60 bits per heavy atom. The molecular formula is C26H29N3O. The zero-order valence-corrected chi connectivity index (χ0v) is 18.0. The Kier molecular flexibility index (Phi) is 6.74. The Bertz CT molecular complexity index is 1140. The van der Waals surface area contributed by atoms with Gasteiger partial charge in [-0.1, -0.05) is 64.5 Å². The van der Waals surface area contributed by atoms with Gasteiger partial charge in [-0.15, -0.1) is 12.3 Å². The van der Waals surface area contributed by atoms with E-state index in [1.165, 1.54) is 18.9 Å². The Morgan fingerprint density at radius 2 is 1.93 bits per heavy atom. The van der Waals surface area contributed by atoms with Gasteiger partial charge in [0.1, 0.15) is 11.5 Å². The minimum absolute atomic E-state index is 0.000848. The van der Waals surface area contributed by atoms with Gasteiger partial charge in [-0.3, -0.25) is 4.79 Å². The van der Waals surface area contributed by atoms with Crippen LogP contribution in [0.3, 0.4) is 0 Å². The molecule has 0 amide bonds. The fraction of sp³-hybridized carbons (Fsp3) is 0.308. The van der Waals surface area contributed by atoms with Gasteiger partial charge in [-0.25, -0.2) is 4.98 Å². The quantitative estimate of drug-likeness (QED) is 0.554. The van der Waals surface area contributed by atoms with Crippen molar-refractivity contribution in [1.29, 1.82) is 0 Å². The molecule has 1 atom stereocenters. The summed E-state index contributed by atoms with van der Waals surface area (Å²) >= 11 is 0. The van der Waals surface area contributed by atoms with Crippen LogP contribution in [0.5, 0.6) is 0 Å². The zero-order valence-electron chi connectivity index (χ0n) is 18.0. The molecule has 0 saturated heterocycles. The van der Waals surface area contributed by atoms with Gasteiger partial charge in [0.15, 0.2) is 0 Å². The normalized spacial score (nSPS) is 15.0. The smallest absolute Gasteiger partial charge is 0.249 e. The van der Waals surface area contributed by atoms with Crippen LogP contribution in [0.2, 0.25) is 0 Å². The Morgan fingerprint density at radius 1 is 1.20 bits per heavy atom. The number of hydrogen-bond donors (Lipinski definition) is 1. The first-order chi connectivity index (χ1) is 14.5. The standard InChI is InChI=1S/C20H15N3O.C6H14/c1-3-6-17-16-8-5-4-7-15(16)13(2)23(17)18-11-9-14-10-12-19(24)22-20(14)21-18;1-4-5-6(2)3/h1,4-5,7-12,17H,2,6H2,(H,21,22,24);6H,4-5H2,1-3H3. The van der Waals surface area contributed by atoms with E-state index < -0.39 is 0 Å². The topological polar surface area (TPSA) is 49.0 Å². The number of hydrogen-bond acceptors (Lipinski definition) is 3. The summed E-state index contributed by atoms with van der Waals surface area (Å²) in [6, 6.07) is 15.2. The Labute approximate surface area is 178 Å². The van der Waals surface area contributed by atoms with E-state index in [0.717, 1.165) is 33.9 Å². The van der Waals surface area contributed by atoms with Crippen LogP contribution in [0.15, 0.2) is 59.9 Å². The summed E-state index contributed by atoms with van der Waals surface area (Å²) in [6.07, 6.45) is 8.85. The molecule has 1 unspecified atom stereocenters. The molecule has 4 rings (SSSR count). The maximum absolute atomic E-state index is 11.6. The van der Waals surface area contributed by atoms with Crippen LogP contribution in [0.25, 0.3) is 16.7 Å². The van der Waals surface area contributed by atoms with Crippen LogP contribution >= 0.6 is 0 Å². The van der Waals surface area contributed by atoms with Crippen molar-refractivity contribution in [2.45, 2.75) is 46.1 Å². The van der Waals surface area contributed by atoms with Gasteiger partial charge in [0, 0.05) is 29.1 Å². The molecule has 1 N–H and O–H groups in total. The van der Waals surface area contributed by atoms with E-state index in [9.17, 15) is 4.79 Å². The number of aromatic amines is 1. The predicted octanol–water partition coefficient (Wildman–Crippen LogP) is 5.92. The molecule has 0 radical (unpaired) electrons. The lowest BCUT2D eigenvalue weighted by molar-refractivity contribution is 0.576. The molecule has 154 valence electrons. The minimum Gasteiger partial charge on any atom is -0.318 e. The van der Waals surface area contributed by atoms with Gasteiger partial charge in [-0.05, 0) is 29.7 Å². The average Bonchev–Trinajstić information content (AvgIpc) is 3.00. The number of pyridine rings is 2. The first-order valence-electron chi connectivity index (χ1n) is 10.5. The van der Waals surface area contributed by atoms with Crippen molar-refractivity contribution in [2.24, 2.45) is 5.92 Å². The first kappa shape index (κ1) is 21.4. The monoisotopic (exact) mass is 399 g/mol. The minimum atomic E-state index is -0.171. The molecule has 0 aliphatic carbocycles. The van der Waals surface area contributed by atoms with Crippen molar-refractivity contribution >= 4 is 22.5 Å². The second kappa shape index (κ2) is 9.45. The summed E-state index contributed by atoms with van der Waals surface area (Å²) in [5.74, 6) is 4.37. The highest BCUT2D eigenvalue weighted by Crippen LogP contribution is 2.44. The van der Waals surface area contributed by atoms with Gasteiger partial charge >= 0.3 is 0 Å². The van der Waals surface area contributed by atoms with Gasteiger partial charge in [0.2, 0.25) is 5.56 Å². The summed E-state index contributed by atoms with van der Waals surface area (Å²) in [7, 11) is 0. The third-order valence-electron chi connectivity index (χ3n) is 5.22. The van der Waals surface area contributed by atoms with E-state index in [4.69, 9.17) is 6.42 Å². The molecule has 1 aliphatic rings. The summed E-state index contributed by atoms with van der Waals surface area (Å²) < 4.78 is 0. The van der Waals surface area contributed by atoms with Gasteiger partial charge in [-0.2, -0.15) is 0 Å². The highest BCUT2D eigenvalue weighted by molar-refractivity contribution is 5.86. The molecule has 4 nitrogen and oxygen atoms in total. The summed E-state index contributed by atoms with van der Waals surface area (Å²) in [5, 5.41) is 0.883. The lowest BCUT2D eigenvalue weighted by atomic mass is 10.0. The number of anilines is 1. The summed E-state index contributed by atoms with van der Waals surface area (Å²) in [6.45, 7) is 11.0. The number of aromatic nitrogens is 2. The van der Waals surface area contributed by atoms with Crippen molar-refractivity contribution in [3.05, 3.63) is 76.6 Å². The molecule has 4 heteroatoms. The van der Waals surface area contributed by atoms with E-state index >= 15 is 0 Å². The number of H-pyrrole nitrogens is 1. The molecule has 1 aliphatic heterocycles. The predicted molar refractivity (Wildman–Crippen MR) is 126 cm³/mol. The second-order valence-electron chi connectivity index (χ2n) is 7.94. The number of nitrogens with one attached hydrogen (secondary N) is 1. The van der Waals surface area contributed by atoms with Gasteiger partial charge in [0.05, 0.1) is 6.04 Å². The van der Waals surface area contributed by atoms with Crippen LogP contribution in [0.4, 0.5) is 5.82 Å². The number of nitrogens with zero attached hydrogens (tertiary/aromatic N) is 2. The van der Waals surface area contributed by atoms with Crippen molar-refractivity contribution < 1.29 is 0 Å². The molecule has 0 spiro atoms. The SMILES string of the molecule is C#CCC1c2ccccc2C(=C)N1c1ccc2ccc(=O)[nH]c2n1.CCCC(C)C. The van der Waals surface area contributed by atoms with Crippen molar-refractivity contribution in [1.82, 2.24) is 9.97 Å². The highest BCUT2D eigenvalue weighted by Gasteiger charge is 2.33. The molecule has 3 heterocycles. The van der Waals surface area contributed by atoms with Crippen LogP contribution in [0.1, 0.15) is 57.2 Å². The summed E-state index contributed by atoms with van der Waals surface area (Å²) in [5.41, 5.74) is 3.50. The zero-order chi connectivity index (χ0) is 21.7. The van der Waals surface area contributed by atoms with Crippen LogP contribution in [-0.4, -0.2) is 9.97 Å². The number of benzene rings is 1. The van der Waals surface area contributed by atoms with E-state index in [-0.39, 0.29) is 11.6 Å². The van der Waals surface area contributed by atoms with E-state index in [2.05, 4.69) is 54.2 Å². The third kappa shape index (κ3) is 4.46. The number of terminal acetylenes is 1. The van der Waals surface area contributed by atoms with Crippen molar-refractivity contribution in [3.63, 3.8) is 0 Å². The largest absolute Gasteiger partial charge is 0.318 e. The molecule has 3 aromatic rings. The fourth-order valence-electron chi connectivity index (χ4n) is 3.85. The molecule has 0 fully saturated rings. The molecule has 0 saturated carbocycles. The molecular weight excluding hydrogens is 370 g/mol. The van der Waals surface area contributed by atoms with E-state index in [1.807, 2.05) is 30.3 Å². The molecule has 2 aromatic heterocycles. The third-order valence-corrected chi connectivity index (χ3v) is 5.22. The van der Waals surface area contributed by atoms with Gasteiger partial charge in [0.25, 0.3) is 0 Å². The Balaban J connectivity index is 0.000000377. The van der Waals surface area contributed by atoms with E-state index in [1.54, 1.807) is 6.07 Å². The average molecular weight is 400 g/mol. The molecule has 30 heavy (non-hydrogen) atoms. The lowest BCUT2D eigenvalue weighted by Gasteiger charge is -2.26. The van der Waals surface area contributed by atoms with Crippen LogP contribution in [0, 0.1) is 18.3 Å². The summed E-state index contributed by atoms with van der Waals surface area (Å²) in [4.78, 5) is 21.0. The lowest BCUT2D eigenvalue weighted by Crippen LogP contribution is -2.21. The Hall–Kier alpha value is -3.32. The second-order valence-corrected chi connectivity index (χ2v) is 7.94. The maximum atomic E-state index is 11.6. The molecule has 1 aromatic carbocycles. The van der Waals surface area contributed by atoms with Crippen LogP contribution < -0.4 is 10.5 Å². The molecule has 0 bridgehead atoms. The van der Waals surface area contributed by atoms with Crippen molar-refractivity contribution in [2.75, 3.05) is 4.90 Å².